The summed E-state index contributed by atoms with van der Waals surface area (Å²) in [5.41, 5.74) is -0.214. The summed E-state index contributed by atoms with van der Waals surface area (Å²) in [5, 5.41) is 0. The zero-order chi connectivity index (χ0) is 9.68. The molecule has 13 heavy (non-hydrogen) atoms. The standard InChI is InChI=1S/C8H12N2O2S/c1-12-6-5-9-7(3-4-13-2)10-8(6)11/h5H,3-4H2,1-2H3,(H,9,10,11). The van der Waals surface area contributed by atoms with Gasteiger partial charge in [-0.25, -0.2) is 4.98 Å². The Labute approximate surface area is 80.7 Å². The molecule has 0 radical (unpaired) electrons. The van der Waals surface area contributed by atoms with Crippen molar-refractivity contribution in [3.05, 3.63) is 22.4 Å². The molecule has 0 saturated carbocycles. The van der Waals surface area contributed by atoms with Gasteiger partial charge >= 0.3 is 0 Å². The van der Waals surface area contributed by atoms with Crippen molar-refractivity contribution in [3.63, 3.8) is 0 Å². The van der Waals surface area contributed by atoms with E-state index in [0.717, 1.165) is 12.2 Å². The third-order valence-corrected chi connectivity index (χ3v) is 2.19. The molecule has 0 atom stereocenters. The van der Waals surface area contributed by atoms with Crippen LogP contribution in [-0.2, 0) is 6.42 Å². The zero-order valence-corrected chi connectivity index (χ0v) is 8.48. The third-order valence-electron chi connectivity index (χ3n) is 1.58. The lowest BCUT2D eigenvalue weighted by molar-refractivity contribution is 0.405. The van der Waals surface area contributed by atoms with Gasteiger partial charge in [-0.05, 0) is 6.26 Å². The molecule has 1 aromatic rings. The lowest BCUT2D eigenvalue weighted by Crippen LogP contribution is -2.13. The number of hydrogen-bond acceptors (Lipinski definition) is 4. The van der Waals surface area contributed by atoms with Gasteiger partial charge in [0.2, 0.25) is 5.75 Å². The lowest BCUT2D eigenvalue weighted by atomic mass is 10.4. The van der Waals surface area contributed by atoms with E-state index in [1.54, 1.807) is 11.8 Å². The Morgan fingerprint density at radius 1 is 1.69 bits per heavy atom. The van der Waals surface area contributed by atoms with Gasteiger partial charge in [-0.2, -0.15) is 11.8 Å². The van der Waals surface area contributed by atoms with E-state index >= 15 is 0 Å². The minimum absolute atomic E-state index is 0.214. The maximum atomic E-state index is 11.2. The van der Waals surface area contributed by atoms with E-state index < -0.39 is 0 Å². The summed E-state index contributed by atoms with van der Waals surface area (Å²) in [6.07, 6.45) is 4.25. The molecule has 1 N–H and O–H groups in total. The molecule has 0 fully saturated rings. The molecular formula is C8H12N2O2S. The number of aromatic nitrogens is 2. The van der Waals surface area contributed by atoms with E-state index in [-0.39, 0.29) is 11.3 Å². The van der Waals surface area contributed by atoms with Gasteiger partial charge in [0, 0.05) is 12.2 Å². The molecule has 0 saturated heterocycles. The molecule has 0 spiro atoms. The van der Waals surface area contributed by atoms with E-state index in [2.05, 4.69) is 9.97 Å². The van der Waals surface area contributed by atoms with Crippen molar-refractivity contribution in [2.75, 3.05) is 19.1 Å². The zero-order valence-electron chi connectivity index (χ0n) is 7.66. The molecule has 72 valence electrons. The quantitative estimate of drug-likeness (QED) is 0.776. The normalized spacial score (nSPS) is 10.0. The Balaban J connectivity index is 2.77. The average Bonchev–Trinajstić information content (AvgIpc) is 2.15. The maximum absolute atomic E-state index is 11.2. The summed E-state index contributed by atoms with van der Waals surface area (Å²) in [6.45, 7) is 0. The Morgan fingerprint density at radius 3 is 3.00 bits per heavy atom. The van der Waals surface area contributed by atoms with Crippen LogP contribution in [0.15, 0.2) is 11.0 Å². The number of methoxy groups -OCH3 is 1. The highest BCUT2D eigenvalue weighted by molar-refractivity contribution is 7.98. The first kappa shape index (κ1) is 10.1. The molecule has 5 heteroatoms. The predicted octanol–water partition coefficient (Wildman–Crippen LogP) is 0.684. The summed E-state index contributed by atoms with van der Waals surface area (Å²) in [6, 6.07) is 0. The van der Waals surface area contributed by atoms with E-state index in [4.69, 9.17) is 4.74 Å². The Kier molecular flexibility index (Phi) is 3.82. The lowest BCUT2D eigenvalue weighted by Gasteiger charge is -2.00. The molecule has 0 amide bonds. The van der Waals surface area contributed by atoms with E-state index in [9.17, 15) is 4.79 Å². The van der Waals surface area contributed by atoms with Crippen LogP contribution in [0.1, 0.15) is 5.82 Å². The van der Waals surface area contributed by atoms with Crippen LogP contribution in [0.25, 0.3) is 0 Å². The third kappa shape index (κ3) is 2.77. The van der Waals surface area contributed by atoms with Crippen LogP contribution >= 0.6 is 11.8 Å². The predicted molar refractivity (Wildman–Crippen MR) is 53.5 cm³/mol. The number of nitrogens with one attached hydrogen (secondary N) is 1. The Hall–Kier alpha value is -0.970. The Bertz CT molecular complexity index is 324. The van der Waals surface area contributed by atoms with Crippen molar-refractivity contribution in [2.24, 2.45) is 0 Å². The SMILES string of the molecule is COc1cnc(CCSC)[nH]c1=O. The number of thioether (sulfide) groups is 1. The van der Waals surface area contributed by atoms with Crippen molar-refractivity contribution in [1.29, 1.82) is 0 Å². The molecule has 4 nitrogen and oxygen atoms in total. The van der Waals surface area contributed by atoms with Crippen molar-refractivity contribution < 1.29 is 4.74 Å². The fourth-order valence-electron chi connectivity index (χ4n) is 0.891. The summed E-state index contributed by atoms with van der Waals surface area (Å²) in [4.78, 5) is 17.9. The number of hydrogen-bond donors (Lipinski definition) is 1. The van der Waals surface area contributed by atoms with Crippen LogP contribution in [0.3, 0.4) is 0 Å². The monoisotopic (exact) mass is 200 g/mol. The van der Waals surface area contributed by atoms with Gasteiger partial charge in [0.15, 0.2) is 0 Å². The minimum Gasteiger partial charge on any atom is -0.490 e. The van der Waals surface area contributed by atoms with E-state index in [1.807, 2.05) is 6.26 Å². The number of aromatic amines is 1. The molecule has 0 aromatic carbocycles. The second-order valence-corrected chi connectivity index (χ2v) is 3.46. The largest absolute Gasteiger partial charge is 0.490 e. The van der Waals surface area contributed by atoms with Crippen LogP contribution in [-0.4, -0.2) is 29.1 Å². The first-order chi connectivity index (χ1) is 6.27. The smallest absolute Gasteiger partial charge is 0.293 e. The van der Waals surface area contributed by atoms with Crippen LogP contribution in [0, 0.1) is 0 Å². The van der Waals surface area contributed by atoms with Crippen molar-refractivity contribution in [3.8, 4) is 5.75 Å². The number of rotatable bonds is 4. The van der Waals surface area contributed by atoms with Crippen molar-refractivity contribution in [2.45, 2.75) is 6.42 Å². The molecule has 0 aliphatic carbocycles. The molecule has 0 unspecified atom stereocenters. The van der Waals surface area contributed by atoms with Crippen molar-refractivity contribution in [1.82, 2.24) is 9.97 Å². The molecule has 0 aliphatic heterocycles. The first-order valence-electron chi connectivity index (χ1n) is 3.89. The molecule has 1 aromatic heterocycles. The van der Waals surface area contributed by atoms with Crippen LogP contribution in [0.2, 0.25) is 0 Å². The fourth-order valence-corrected chi connectivity index (χ4v) is 1.29. The number of H-pyrrole nitrogens is 1. The maximum Gasteiger partial charge on any atom is 0.293 e. The summed E-state index contributed by atoms with van der Waals surface area (Å²) in [5.74, 6) is 1.92. The minimum atomic E-state index is -0.214. The number of nitrogens with zero attached hydrogens (tertiary/aromatic N) is 1. The molecule has 0 aliphatic rings. The molecular weight excluding hydrogens is 188 g/mol. The van der Waals surface area contributed by atoms with Gasteiger partial charge in [-0.15, -0.1) is 0 Å². The Morgan fingerprint density at radius 2 is 2.46 bits per heavy atom. The summed E-state index contributed by atoms with van der Waals surface area (Å²) >= 11 is 1.72. The van der Waals surface area contributed by atoms with Crippen molar-refractivity contribution >= 4 is 11.8 Å². The van der Waals surface area contributed by atoms with Gasteiger partial charge in [-0.1, -0.05) is 0 Å². The fraction of sp³-hybridized carbons (Fsp3) is 0.500. The van der Waals surface area contributed by atoms with E-state index in [1.165, 1.54) is 13.3 Å². The van der Waals surface area contributed by atoms with Gasteiger partial charge < -0.3 is 9.72 Å². The van der Waals surface area contributed by atoms with E-state index in [0.29, 0.717) is 5.82 Å². The highest BCUT2D eigenvalue weighted by Crippen LogP contribution is 2.00. The molecule has 1 rings (SSSR count). The van der Waals surface area contributed by atoms with Crippen LogP contribution in [0.5, 0.6) is 5.75 Å². The van der Waals surface area contributed by atoms with Gasteiger partial charge in [-0.3, -0.25) is 4.79 Å². The van der Waals surface area contributed by atoms with Gasteiger partial charge in [0.25, 0.3) is 5.56 Å². The molecule has 1 heterocycles. The van der Waals surface area contributed by atoms with Crippen LogP contribution < -0.4 is 10.3 Å². The molecule has 0 bridgehead atoms. The second kappa shape index (κ2) is 4.91. The average molecular weight is 200 g/mol. The highest BCUT2D eigenvalue weighted by atomic mass is 32.2. The summed E-state index contributed by atoms with van der Waals surface area (Å²) in [7, 11) is 1.45. The first-order valence-corrected chi connectivity index (χ1v) is 5.28. The topological polar surface area (TPSA) is 55.0 Å². The van der Waals surface area contributed by atoms with Gasteiger partial charge in [0.1, 0.15) is 5.82 Å². The number of ether oxygens (including phenoxy) is 1. The second-order valence-electron chi connectivity index (χ2n) is 2.47. The van der Waals surface area contributed by atoms with Gasteiger partial charge in [0.05, 0.1) is 13.3 Å². The van der Waals surface area contributed by atoms with Crippen LogP contribution in [0.4, 0.5) is 0 Å². The summed E-state index contributed by atoms with van der Waals surface area (Å²) < 4.78 is 4.79. The highest BCUT2D eigenvalue weighted by Gasteiger charge is 2.00. The number of aryl methyl sites for hydroxylation is 1.